The molecule has 0 saturated heterocycles. The first-order chi connectivity index (χ1) is 13.8. The molecule has 1 N–H and O–H groups in total. The molecule has 156 valence electrons. The summed E-state index contributed by atoms with van der Waals surface area (Å²) in [6, 6.07) is 11.7. The number of hydrogen-bond donors (Lipinski definition) is 1. The summed E-state index contributed by atoms with van der Waals surface area (Å²) in [5.41, 5.74) is 1.08. The summed E-state index contributed by atoms with van der Waals surface area (Å²) < 4.78 is 43.5. The Morgan fingerprint density at radius 2 is 1.83 bits per heavy atom. The van der Waals surface area contributed by atoms with Crippen molar-refractivity contribution < 1.29 is 32.6 Å². The van der Waals surface area contributed by atoms with Gasteiger partial charge in [-0.2, -0.15) is 13.2 Å². The molecule has 0 amide bonds. The van der Waals surface area contributed by atoms with Crippen molar-refractivity contribution in [1.29, 1.82) is 0 Å². The lowest BCUT2D eigenvalue weighted by Gasteiger charge is -2.09. The standard InChI is InChI=1S/C21H22F3NO4/c1-2-19(16-7-9-17(10-8-16)21(22,23)24)25-29-12-4-11-28-18-6-3-5-15(13-18)14-20(26)27/h3,5-10,13H,2,4,11-12,14H2,1H3,(H,26,27)/b25-19+. The molecule has 29 heavy (non-hydrogen) atoms. The minimum absolute atomic E-state index is 0.0707. The fourth-order valence-corrected chi connectivity index (χ4v) is 2.53. The van der Waals surface area contributed by atoms with E-state index in [-0.39, 0.29) is 13.0 Å². The Morgan fingerprint density at radius 3 is 2.45 bits per heavy atom. The van der Waals surface area contributed by atoms with E-state index in [1.165, 1.54) is 12.1 Å². The highest BCUT2D eigenvalue weighted by atomic mass is 19.4. The molecule has 0 aliphatic carbocycles. The first kappa shape index (κ1) is 22.3. The van der Waals surface area contributed by atoms with Crippen LogP contribution in [0.4, 0.5) is 13.2 Å². The molecular weight excluding hydrogens is 387 g/mol. The van der Waals surface area contributed by atoms with Crippen LogP contribution in [-0.4, -0.2) is 30.0 Å². The molecule has 0 aliphatic heterocycles. The number of rotatable bonds is 10. The molecule has 2 rings (SSSR count). The average molecular weight is 409 g/mol. The third-order valence-corrected chi connectivity index (χ3v) is 3.96. The van der Waals surface area contributed by atoms with Gasteiger partial charge in [0.05, 0.1) is 24.3 Å². The Labute approximate surface area is 166 Å². The molecule has 0 fully saturated rings. The van der Waals surface area contributed by atoms with E-state index in [1.807, 2.05) is 6.92 Å². The highest BCUT2D eigenvalue weighted by molar-refractivity contribution is 6.00. The zero-order valence-corrected chi connectivity index (χ0v) is 15.9. The van der Waals surface area contributed by atoms with Gasteiger partial charge in [-0.1, -0.05) is 36.3 Å². The van der Waals surface area contributed by atoms with E-state index < -0.39 is 17.7 Å². The summed E-state index contributed by atoms with van der Waals surface area (Å²) >= 11 is 0. The zero-order valence-electron chi connectivity index (χ0n) is 15.9. The van der Waals surface area contributed by atoms with Gasteiger partial charge in [0.15, 0.2) is 0 Å². The van der Waals surface area contributed by atoms with Crippen molar-refractivity contribution >= 4 is 11.7 Å². The second-order valence-electron chi connectivity index (χ2n) is 6.22. The molecule has 0 atom stereocenters. The number of ether oxygens (including phenoxy) is 1. The summed E-state index contributed by atoms with van der Waals surface area (Å²) in [5.74, 6) is -0.334. The molecule has 0 aliphatic rings. The average Bonchev–Trinajstić information content (AvgIpc) is 2.67. The van der Waals surface area contributed by atoms with E-state index in [1.54, 1.807) is 24.3 Å². The van der Waals surface area contributed by atoms with Crippen molar-refractivity contribution in [3.8, 4) is 5.75 Å². The van der Waals surface area contributed by atoms with E-state index in [2.05, 4.69) is 5.16 Å². The maximum Gasteiger partial charge on any atom is 0.416 e. The molecule has 8 heteroatoms. The van der Waals surface area contributed by atoms with Crippen LogP contribution in [0.2, 0.25) is 0 Å². The molecule has 0 heterocycles. The summed E-state index contributed by atoms with van der Waals surface area (Å²) in [7, 11) is 0. The maximum atomic E-state index is 12.6. The number of alkyl halides is 3. The second kappa shape index (κ2) is 10.5. The number of carboxylic acid groups (broad SMARTS) is 1. The van der Waals surface area contributed by atoms with Crippen molar-refractivity contribution in [3.63, 3.8) is 0 Å². The molecule has 0 bridgehead atoms. The van der Waals surface area contributed by atoms with Gasteiger partial charge in [-0.25, -0.2) is 0 Å². The first-order valence-electron chi connectivity index (χ1n) is 9.09. The molecule has 2 aromatic rings. The summed E-state index contributed by atoms with van der Waals surface area (Å²) in [4.78, 5) is 16.0. The third-order valence-electron chi connectivity index (χ3n) is 3.96. The second-order valence-corrected chi connectivity index (χ2v) is 6.22. The first-order valence-corrected chi connectivity index (χ1v) is 9.09. The van der Waals surface area contributed by atoms with Gasteiger partial charge in [-0.15, -0.1) is 0 Å². The number of nitrogens with zero attached hydrogens (tertiary/aromatic N) is 1. The Balaban J connectivity index is 1.79. The molecule has 0 saturated carbocycles. The van der Waals surface area contributed by atoms with Crippen molar-refractivity contribution in [3.05, 3.63) is 65.2 Å². The van der Waals surface area contributed by atoms with Crippen LogP contribution in [0.15, 0.2) is 53.7 Å². The summed E-state index contributed by atoms with van der Waals surface area (Å²) in [6.07, 6.45) is -3.39. The van der Waals surface area contributed by atoms with Gasteiger partial charge in [-0.3, -0.25) is 4.79 Å². The van der Waals surface area contributed by atoms with Gasteiger partial charge in [0.1, 0.15) is 12.4 Å². The summed E-state index contributed by atoms with van der Waals surface area (Å²) in [6.45, 7) is 2.47. The van der Waals surface area contributed by atoms with E-state index >= 15 is 0 Å². The van der Waals surface area contributed by atoms with E-state index in [0.717, 1.165) is 12.1 Å². The maximum absolute atomic E-state index is 12.6. The Kier molecular flexibility index (Phi) is 8.06. The van der Waals surface area contributed by atoms with Crippen LogP contribution in [0.25, 0.3) is 0 Å². The minimum atomic E-state index is -4.37. The lowest BCUT2D eigenvalue weighted by atomic mass is 10.1. The van der Waals surface area contributed by atoms with Gasteiger partial charge < -0.3 is 14.7 Å². The van der Waals surface area contributed by atoms with Crippen molar-refractivity contribution in [2.24, 2.45) is 5.16 Å². The highest BCUT2D eigenvalue weighted by Crippen LogP contribution is 2.29. The topological polar surface area (TPSA) is 68.1 Å². The SMILES string of the molecule is CC/C(=N\OCCCOc1cccc(CC(=O)O)c1)c1ccc(C(F)(F)F)cc1. The third kappa shape index (κ3) is 7.48. The molecular formula is C21H22F3NO4. The smallest absolute Gasteiger partial charge is 0.416 e. The van der Waals surface area contributed by atoms with Crippen LogP contribution in [0.3, 0.4) is 0 Å². The van der Waals surface area contributed by atoms with Gasteiger partial charge in [0, 0.05) is 6.42 Å². The molecule has 5 nitrogen and oxygen atoms in total. The van der Waals surface area contributed by atoms with Crippen LogP contribution in [0.5, 0.6) is 5.75 Å². The largest absolute Gasteiger partial charge is 0.493 e. The van der Waals surface area contributed by atoms with Gasteiger partial charge in [-0.05, 0) is 41.8 Å². The molecule has 0 unspecified atom stereocenters. The predicted molar refractivity (Wildman–Crippen MR) is 102 cm³/mol. The fourth-order valence-electron chi connectivity index (χ4n) is 2.53. The van der Waals surface area contributed by atoms with Gasteiger partial charge >= 0.3 is 12.1 Å². The van der Waals surface area contributed by atoms with Gasteiger partial charge in [0.2, 0.25) is 0 Å². The quantitative estimate of drug-likeness (QED) is 0.343. The lowest BCUT2D eigenvalue weighted by Crippen LogP contribution is -2.07. The molecule has 2 aromatic carbocycles. The zero-order chi connectivity index (χ0) is 21.3. The Bertz CT molecular complexity index is 833. The molecule has 0 spiro atoms. The van der Waals surface area contributed by atoms with Crippen LogP contribution < -0.4 is 4.74 Å². The van der Waals surface area contributed by atoms with Crippen LogP contribution >= 0.6 is 0 Å². The number of carbonyl (C=O) groups is 1. The highest BCUT2D eigenvalue weighted by Gasteiger charge is 2.30. The number of carboxylic acids is 1. The number of halogens is 3. The monoisotopic (exact) mass is 409 g/mol. The number of hydrogen-bond acceptors (Lipinski definition) is 4. The van der Waals surface area contributed by atoms with Crippen molar-refractivity contribution in [1.82, 2.24) is 0 Å². The molecule has 0 aromatic heterocycles. The number of aliphatic carboxylic acids is 1. The van der Waals surface area contributed by atoms with Crippen molar-refractivity contribution in [2.75, 3.05) is 13.2 Å². The number of benzene rings is 2. The Hall–Kier alpha value is -3.03. The number of oxime groups is 1. The van der Waals surface area contributed by atoms with E-state index in [0.29, 0.717) is 42.0 Å². The van der Waals surface area contributed by atoms with Gasteiger partial charge in [0.25, 0.3) is 0 Å². The van der Waals surface area contributed by atoms with Crippen LogP contribution in [0.1, 0.15) is 36.5 Å². The Morgan fingerprint density at radius 1 is 1.10 bits per heavy atom. The normalized spacial score (nSPS) is 11.9. The predicted octanol–water partition coefficient (Wildman–Crippen LogP) is 4.93. The van der Waals surface area contributed by atoms with Crippen molar-refractivity contribution in [2.45, 2.75) is 32.4 Å². The minimum Gasteiger partial charge on any atom is -0.493 e. The van der Waals surface area contributed by atoms with Crippen LogP contribution in [-0.2, 0) is 22.2 Å². The lowest BCUT2D eigenvalue weighted by molar-refractivity contribution is -0.138. The van der Waals surface area contributed by atoms with E-state index in [4.69, 9.17) is 14.7 Å². The van der Waals surface area contributed by atoms with Crippen LogP contribution in [0, 0.1) is 0 Å². The fraction of sp³-hybridized carbons (Fsp3) is 0.333. The summed E-state index contributed by atoms with van der Waals surface area (Å²) in [5, 5.41) is 12.8. The molecule has 0 radical (unpaired) electrons. The van der Waals surface area contributed by atoms with E-state index in [9.17, 15) is 18.0 Å².